The maximum absolute atomic E-state index is 6.56. The fourth-order valence-corrected chi connectivity index (χ4v) is 5.74. The Morgan fingerprint density at radius 3 is 1.75 bits per heavy atom. The molecule has 1 heterocycles. The molecule has 7 rings (SSSR count). The van der Waals surface area contributed by atoms with Crippen LogP contribution in [0.15, 0.2) is 112 Å². The van der Waals surface area contributed by atoms with Crippen LogP contribution < -0.4 is 0 Å². The van der Waals surface area contributed by atoms with Crippen molar-refractivity contribution < 1.29 is 4.42 Å². The van der Waals surface area contributed by atoms with Crippen molar-refractivity contribution in [1.82, 2.24) is 0 Å². The van der Waals surface area contributed by atoms with Crippen LogP contribution in [0.5, 0.6) is 0 Å². The first kappa shape index (κ1) is 18.0. The molecule has 2 heteroatoms. The Labute approximate surface area is 193 Å². The van der Waals surface area contributed by atoms with Gasteiger partial charge in [0.15, 0.2) is 0 Å². The lowest BCUT2D eigenvalue weighted by atomic mass is 9.91. The summed E-state index contributed by atoms with van der Waals surface area (Å²) >= 11 is 3.87. The van der Waals surface area contributed by atoms with E-state index in [4.69, 9.17) is 4.42 Å². The third-order valence-electron chi connectivity index (χ3n) is 6.50. The van der Waals surface area contributed by atoms with E-state index in [9.17, 15) is 0 Å². The SMILES string of the molecule is Brc1c2ccccc2c(-c2cccc3c2oc2cc4ccccc4cc23)c2ccccc12. The molecule has 0 unspecified atom stereocenters. The Bertz CT molecular complexity index is 1780. The summed E-state index contributed by atoms with van der Waals surface area (Å²) in [6, 6.07) is 36.6. The lowest BCUT2D eigenvalue weighted by Gasteiger charge is -2.14. The molecule has 1 nitrogen and oxygen atoms in total. The van der Waals surface area contributed by atoms with Crippen molar-refractivity contribution in [2.75, 3.05) is 0 Å². The summed E-state index contributed by atoms with van der Waals surface area (Å²) in [6.07, 6.45) is 0. The van der Waals surface area contributed by atoms with Crippen molar-refractivity contribution in [2.24, 2.45) is 0 Å². The number of halogens is 1. The molecule has 0 spiro atoms. The fraction of sp³-hybridized carbons (Fsp3) is 0. The Hall–Kier alpha value is -3.62. The van der Waals surface area contributed by atoms with Gasteiger partial charge in [0.1, 0.15) is 11.2 Å². The van der Waals surface area contributed by atoms with Gasteiger partial charge in [-0.15, -0.1) is 0 Å². The van der Waals surface area contributed by atoms with Crippen LogP contribution in [-0.2, 0) is 0 Å². The van der Waals surface area contributed by atoms with Crippen LogP contribution in [0.4, 0.5) is 0 Å². The monoisotopic (exact) mass is 472 g/mol. The molecule has 0 saturated heterocycles. The van der Waals surface area contributed by atoms with Gasteiger partial charge in [-0.05, 0) is 60.4 Å². The molecule has 0 atom stereocenters. The molecular formula is C30H17BrO. The van der Waals surface area contributed by atoms with Gasteiger partial charge in [-0.1, -0.05) is 91.0 Å². The third-order valence-corrected chi connectivity index (χ3v) is 7.35. The normalized spacial score (nSPS) is 11.9. The first-order valence-electron chi connectivity index (χ1n) is 10.7. The van der Waals surface area contributed by atoms with E-state index >= 15 is 0 Å². The van der Waals surface area contributed by atoms with Crippen LogP contribution in [0, 0.1) is 0 Å². The van der Waals surface area contributed by atoms with Crippen molar-refractivity contribution in [2.45, 2.75) is 0 Å². The second-order valence-corrected chi connectivity index (χ2v) is 9.05. The van der Waals surface area contributed by atoms with E-state index in [2.05, 4.69) is 119 Å². The van der Waals surface area contributed by atoms with Gasteiger partial charge in [0.2, 0.25) is 0 Å². The van der Waals surface area contributed by atoms with Crippen molar-refractivity contribution in [3.05, 3.63) is 108 Å². The van der Waals surface area contributed by atoms with Gasteiger partial charge in [-0.2, -0.15) is 0 Å². The first-order valence-corrected chi connectivity index (χ1v) is 11.5. The highest BCUT2D eigenvalue weighted by Gasteiger charge is 2.18. The zero-order chi connectivity index (χ0) is 21.2. The highest BCUT2D eigenvalue weighted by Crippen LogP contribution is 2.45. The van der Waals surface area contributed by atoms with Gasteiger partial charge in [0.05, 0.1) is 0 Å². The van der Waals surface area contributed by atoms with E-state index in [1.54, 1.807) is 0 Å². The largest absolute Gasteiger partial charge is 0.455 e. The molecule has 32 heavy (non-hydrogen) atoms. The van der Waals surface area contributed by atoms with Crippen LogP contribution in [0.25, 0.3) is 65.4 Å². The highest BCUT2D eigenvalue weighted by atomic mass is 79.9. The molecule has 0 amide bonds. The van der Waals surface area contributed by atoms with Crippen LogP contribution in [0.1, 0.15) is 0 Å². The minimum absolute atomic E-state index is 0.928. The number of hydrogen-bond donors (Lipinski definition) is 0. The fourth-order valence-electron chi connectivity index (χ4n) is 5.05. The van der Waals surface area contributed by atoms with Crippen LogP contribution >= 0.6 is 15.9 Å². The average molecular weight is 473 g/mol. The van der Waals surface area contributed by atoms with Gasteiger partial charge < -0.3 is 4.42 Å². The maximum atomic E-state index is 6.56. The molecule has 0 aliphatic heterocycles. The summed E-state index contributed by atoms with van der Waals surface area (Å²) in [7, 11) is 0. The molecule has 0 aliphatic carbocycles. The number of rotatable bonds is 1. The van der Waals surface area contributed by atoms with Gasteiger partial charge >= 0.3 is 0 Å². The smallest absolute Gasteiger partial charge is 0.143 e. The van der Waals surface area contributed by atoms with E-state index in [0.717, 1.165) is 32.0 Å². The van der Waals surface area contributed by atoms with Crippen molar-refractivity contribution in [1.29, 1.82) is 0 Å². The predicted molar refractivity (Wildman–Crippen MR) is 139 cm³/mol. The van der Waals surface area contributed by atoms with Crippen molar-refractivity contribution in [3.8, 4) is 11.1 Å². The molecule has 0 N–H and O–H groups in total. The Balaban J connectivity index is 1.67. The molecule has 0 aliphatic rings. The molecule has 0 bridgehead atoms. The summed E-state index contributed by atoms with van der Waals surface area (Å²) in [5.74, 6) is 0. The summed E-state index contributed by atoms with van der Waals surface area (Å²) in [5, 5.41) is 9.59. The second-order valence-electron chi connectivity index (χ2n) is 8.26. The van der Waals surface area contributed by atoms with Crippen LogP contribution in [0.2, 0.25) is 0 Å². The molecule has 0 saturated carbocycles. The van der Waals surface area contributed by atoms with Gasteiger partial charge in [0.25, 0.3) is 0 Å². The van der Waals surface area contributed by atoms with E-state index in [1.165, 1.54) is 37.9 Å². The topological polar surface area (TPSA) is 13.1 Å². The minimum Gasteiger partial charge on any atom is -0.455 e. The van der Waals surface area contributed by atoms with Gasteiger partial charge in [-0.25, -0.2) is 0 Å². The standard InChI is InChI=1S/C30H17BrO/c31-29-22-12-5-3-10-20(22)28(21-11-4-6-13-23(21)29)25-15-7-14-24-26-16-18-8-1-2-9-19(18)17-27(26)32-30(24)25/h1-17H. The maximum Gasteiger partial charge on any atom is 0.143 e. The third kappa shape index (κ3) is 2.44. The number of hydrogen-bond acceptors (Lipinski definition) is 1. The van der Waals surface area contributed by atoms with Crippen molar-refractivity contribution >= 4 is 70.2 Å². The number of fused-ring (bicyclic) bond motifs is 6. The molecule has 1 aromatic heterocycles. The Morgan fingerprint density at radius 1 is 0.500 bits per heavy atom. The number of furan rings is 1. The highest BCUT2D eigenvalue weighted by molar-refractivity contribution is 9.10. The van der Waals surface area contributed by atoms with Crippen LogP contribution in [-0.4, -0.2) is 0 Å². The Kier molecular flexibility index (Phi) is 3.76. The number of benzene rings is 6. The minimum atomic E-state index is 0.928. The molecule has 7 aromatic rings. The lowest BCUT2D eigenvalue weighted by Crippen LogP contribution is -1.88. The van der Waals surface area contributed by atoms with E-state index in [1.807, 2.05) is 0 Å². The van der Waals surface area contributed by atoms with Crippen LogP contribution in [0.3, 0.4) is 0 Å². The second kappa shape index (κ2) is 6.69. The average Bonchev–Trinajstić information content (AvgIpc) is 3.21. The zero-order valence-electron chi connectivity index (χ0n) is 17.1. The number of para-hydroxylation sites is 1. The van der Waals surface area contributed by atoms with Gasteiger partial charge in [-0.3, -0.25) is 0 Å². The summed E-state index contributed by atoms with van der Waals surface area (Å²) < 4.78 is 7.70. The Morgan fingerprint density at radius 2 is 1.06 bits per heavy atom. The van der Waals surface area contributed by atoms with E-state index < -0.39 is 0 Å². The van der Waals surface area contributed by atoms with Gasteiger partial charge in [0, 0.05) is 26.4 Å². The molecule has 0 fully saturated rings. The summed E-state index contributed by atoms with van der Waals surface area (Å²) in [6.45, 7) is 0. The summed E-state index contributed by atoms with van der Waals surface area (Å²) in [4.78, 5) is 0. The first-order chi connectivity index (χ1) is 15.8. The zero-order valence-corrected chi connectivity index (χ0v) is 18.7. The molecule has 150 valence electrons. The van der Waals surface area contributed by atoms with Crippen molar-refractivity contribution in [3.63, 3.8) is 0 Å². The molecule has 0 radical (unpaired) electrons. The lowest BCUT2D eigenvalue weighted by molar-refractivity contribution is 0.670. The molecule has 6 aromatic carbocycles. The quantitative estimate of drug-likeness (QED) is 0.217. The predicted octanol–water partition coefficient (Wildman–Crippen LogP) is 9.48. The summed E-state index contributed by atoms with van der Waals surface area (Å²) in [5.41, 5.74) is 4.21. The van der Waals surface area contributed by atoms with E-state index in [0.29, 0.717) is 0 Å². The van der Waals surface area contributed by atoms with E-state index in [-0.39, 0.29) is 0 Å². The molecular weight excluding hydrogens is 456 g/mol.